The van der Waals surface area contributed by atoms with Crippen LogP contribution in [0.5, 0.6) is 0 Å². The van der Waals surface area contributed by atoms with Gasteiger partial charge in [-0.05, 0) is 13.8 Å². The summed E-state index contributed by atoms with van der Waals surface area (Å²) in [6.07, 6.45) is 1.21. The zero-order valence-corrected chi connectivity index (χ0v) is 10.1. The molecule has 96 valence electrons. The first-order valence-corrected chi connectivity index (χ1v) is 5.63. The molecule has 0 heterocycles. The van der Waals surface area contributed by atoms with E-state index in [1.165, 1.54) is 0 Å². The zero-order valence-electron chi connectivity index (χ0n) is 10.1. The van der Waals surface area contributed by atoms with Gasteiger partial charge in [-0.25, -0.2) is 0 Å². The van der Waals surface area contributed by atoms with Crippen LogP contribution in [0.2, 0.25) is 0 Å². The zero-order chi connectivity index (χ0) is 12.2. The van der Waals surface area contributed by atoms with Crippen LogP contribution < -0.4 is 0 Å². The van der Waals surface area contributed by atoms with Crippen LogP contribution in [0.1, 0.15) is 33.6 Å². The highest BCUT2D eigenvalue weighted by molar-refractivity contribution is 4.97. The van der Waals surface area contributed by atoms with Crippen LogP contribution in [-0.4, -0.2) is 32.2 Å². The highest BCUT2D eigenvalue weighted by Gasteiger charge is 2.54. The molecule has 1 aliphatic carbocycles. The lowest BCUT2D eigenvalue weighted by Gasteiger charge is -2.53. The molecule has 0 spiro atoms. The number of hydrogen-bond acceptors (Lipinski definition) is 3. The lowest BCUT2D eigenvalue weighted by molar-refractivity contribution is -0.324. The summed E-state index contributed by atoms with van der Waals surface area (Å²) in [5.41, 5.74) is -0.263. The van der Waals surface area contributed by atoms with E-state index in [-0.39, 0.29) is 12.0 Å². The molecule has 1 saturated carbocycles. The summed E-state index contributed by atoms with van der Waals surface area (Å²) in [5.74, 6) is -0.580. The van der Waals surface area contributed by atoms with E-state index in [4.69, 9.17) is 9.47 Å². The van der Waals surface area contributed by atoms with Crippen molar-refractivity contribution in [2.45, 2.75) is 46.0 Å². The number of halogens is 2. The topological polar surface area (TPSA) is 27.7 Å². The maximum absolute atomic E-state index is 11.9. The minimum atomic E-state index is -2.70. The van der Waals surface area contributed by atoms with E-state index < -0.39 is 12.4 Å². The highest BCUT2D eigenvalue weighted by atomic mass is 19.3. The van der Waals surface area contributed by atoms with E-state index in [1.54, 1.807) is 0 Å². The molecule has 0 saturated heterocycles. The fraction of sp³-hybridized carbons (Fsp3) is 1.00. The molecule has 0 aromatic heterocycles. The standard InChI is InChI=1S/C11H20F2O3/c1-4-15-11(16-5-2)6-10(3,7-11)8-14-9(12)13/h9H,4-8H2,1-3H3. The van der Waals surface area contributed by atoms with E-state index in [9.17, 15) is 8.78 Å². The molecule has 16 heavy (non-hydrogen) atoms. The summed E-state index contributed by atoms with van der Waals surface area (Å²) in [5, 5.41) is 0. The van der Waals surface area contributed by atoms with Crippen molar-refractivity contribution in [2.75, 3.05) is 19.8 Å². The van der Waals surface area contributed by atoms with Gasteiger partial charge < -0.3 is 14.2 Å². The molecule has 1 aliphatic rings. The Kier molecular flexibility index (Phi) is 4.64. The molecule has 0 radical (unpaired) electrons. The second-order valence-electron chi connectivity index (χ2n) is 4.51. The van der Waals surface area contributed by atoms with Gasteiger partial charge in [0.15, 0.2) is 5.79 Å². The predicted molar refractivity (Wildman–Crippen MR) is 55.3 cm³/mol. The van der Waals surface area contributed by atoms with E-state index >= 15 is 0 Å². The van der Waals surface area contributed by atoms with Gasteiger partial charge in [0.2, 0.25) is 0 Å². The van der Waals surface area contributed by atoms with Gasteiger partial charge in [-0.2, -0.15) is 8.78 Å². The van der Waals surface area contributed by atoms with Crippen molar-refractivity contribution >= 4 is 0 Å². The molecule has 1 rings (SSSR count). The minimum absolute atomic E-state index is 0.0482. The Labute approximate surface area is 95.1 Å². The SMILES string of the molecule is CCOC1(OCC)CC(C)(COC(F)F)C1. The van der Waals surface area contributed by atoms with E-state index in [1.807, 2.05) is 20.8 Å². The largest absolute Gasteiger partial charge is 0.350 e. The smallest absolute Gasteiger partial charge is 0.345 e. The summed E-state index contributed by atoms with van der Waals surface area (Å²) in [4.78, 5) is 0. The van der Waals surface area contributed by atoms with Gasteiger partial charge in [-0.3, -0.25) is 0 Å². The maximum atomic E-state index is 11.9. The highest BCUT2D eigenvalue weighted by Crippen LogP contribution is 2.51. The van der Waals surface area contributed by atoms with Gasteiger partial charge in [-0.1, -0.05) is 6.92 Å². The van der Waals surface area contributed by atoms with Crippen molar-refractivity contribution in [1.29, 1.82) is 0 Å². The van der Waals surface area contributed by atoms with Crippen molar-refractivity contribution in [1.82, 2.24) is 0 Å². The third-order valence-electron chi connectivity index (χ3n) is 2.76. The summed E-state index contributed by atoms with van der Waals surface area (Å²) in [6.45, 7) is 4.17. The van der Waals surface area contributed by atoms with Gasteiger partial charge in [-0.15, -0.1) is 0 Å². The lowest BCUT2D eigenvalue weighted by atomic mass is 9.66. The molecule has 0 aromatic carbocycles. The monoisotopic (exact) mass is 238 g/mol. The average molecular weight is 238 g/mol. The first kappa shape index (κ1) is 13.8. The number of rotatable bonds is 7. The quantitative estimate of drug-likeness (QED) is 0.638. The van der Waals surface area contributed by atoms with Crippen LogP contribution in [0.4, 0.5) is 8.78 Å². The van der Waals surface area contributed by atoms with Crippen LogP contribution >= 0.6 is 0 Å². The van der Waals surface area contributed by atoms with E-state index in [2.05, 4.69) is 4.74 Å². The molecule has 0 aliphatic heterocycles. The maximum Gasteiger partial charge on any atom is 0.345 e. The van der Waals surface area contributed by atoms with Crippen molar-refractivity contribution < 1.29 is 23.0 Å². The lowest BCUT2D eigenvalue weighted by Crippen LogP contribution is -2.56. The summed E-state index contributed by atoms with van der Waals surface area (Å²) >= 11 is 0. The molecule has 0 unspecified atom stereocenters. The fourth-order valence-electron chi connectivity index (χ4n) is 2.39. The number of hydrogen-bond donors (Lipinski definition) is 0. The van der Waals surface area contributed by atoms with Gasteiger partial charge in [0.05, 0.1) is 6.61 Å². The normalized spacial score (nSPS) is 22.1. The summed E-state index contributed by atoms with van der Waals surface area (Å²) < 4.78 is 39.3. The molecule has 3 nitrogen and oxygen atoms in total. The molecular weight excluding hydrogens is 218 g/mol. The van der Waals surface area contributed by atoms with Crippen molar-refractivity contribution in [3.05, 3.63) is 0 Å². The van der Waals surface area contributed by atoms with Crippen LogP contribution in [0.15, 0.2) is 0 Å². The molecule has 0 atom stereocenters. The van der Waals surface area contributed by atoms with Gasteiger partial charge in [0.1, 0.15) is 0 Å². The van der Waals surface area contributed by atoms with Crippen LogP contribution in [0.3, 0.4) is 0 Å². The Morgan fingerprint density at radius 2 is 1.62 bits per heavy atom. The van der Waals surface area contributed by atoms with Gasteiger partial charge in [0.25, 0.3) is 0 Å². The van der Waals surface area contributed by atoms with Crippen molar-refractivity contribution in [2.24, 2.45) is 5.41 Å². The van der Waals surface area contributed by atoms with Gasteiger partial charge in [0, 0.05) is 31.5 Å². The number of ether oxygens (including phenoxy) is 3. The van der Waals surface area contributed by atoms with Crippen molar-refractivity contribution in [3.8, 4) is 0 Å². The predicted octanol–water partition coefficient (Wildman–Crippen LogP) is 2.80. The Morgan fingerprint density at radius 1 is 1.12 bits per heavy atom. The first-order chi connectivity index (χ1) is 7.45. The molecule has 5 heteroatoms. The molecule has 0 bridgehead atoms. The third kappa shape index (κ3) is 3.37. The third-order valence-corrected chi connectivity index (χ3v) is 2.76. The minimum Gasteiger partial charge on any atom is -0.350 e. The summed E-state index contributed by atoms with van der Waals surface area (Å²) in [6, 6.07) is 0. The fourth-order valence-corrected chi connectivity index (χ4v) is 2.39. The molecule has 0 amide bonds. The number of alkyl halides is 2. The van der Waals surface area contributed by atoms with Gasteiger partial charge >= 0.3 is 6.61 Å². The second-order valence-corrected chi connectivity index (χ2v) is 4.51. The second kappa shape index (κ2) is 5.38. The van der Waals surface area contributed by atoms with Crippen LogP contribution in [-0.2, 0) is 14.2 Å². The van der Waals surface area contributed by atoms with Crippen LogP contribution in [0, 0.1) is 5.41 Å². The molecule has 0 N–H and O–H groups in total. The molecule has 0 aromatic rings. The molecule has 1 fully saturated rings. The Bertz CT molecular complexity index is 207. The average Bonchev–Trinajstić information content (AvgIpc) is 2.13. The first-order valence-electron chi connectivity index (χ1n) is 5.63. The van der Waals surface area contributed by atoms with Crippen LogP contribution in [0.25, 0.3) is 0 Å². The van der Waals surface area contributed by atoms with E-state index in [0.717, 1.165) is 0 Å². The Hall–Kier alpha value is -0.260. The molecular formula is C11H20F2O3. The van der Waals surface area contributed by atoms with Crippen molar-refractivity contribution in [3.63, 3.8) is 0 Å². The summed E-state index contributed by atoms with van der Waals surface area (Å²) in [7, 11) is 0. The van der Waals surface area contributed by atoms with E-state index in [0.29, 0.717) is 26.1 Å². The Balaban J connectivity index is 2.41. The Morgan fingerprint density at radius 3 is 2.00 bits per heavy atom.